The van der Waals surface area contributed by atoms with Gasteiger partial charge in [0.25, 0.3) is 0 Å². The van der Waals surface area contributed by atoms with Crippen LogP contribution in [-0.4, -0.2) is 11.9 Å². The highest BCUT2D eigenvalue weighted by atomic mass is 16.2. The molecule has 0 radical (unpaired) electrons. The Kier molecular flexibility index (Phi) is 4.46. The Bertz CT molecular complexity index is 689. The van der Waals surface area contributed by atoms with Crippen LogP contribution in [0.15, 0.2) is 42.5 Å². The zero-order chi connectivity index (χ0) is 16.4. The van der Waals surface area contributed by atoms with E-state index in [0.717, 1.165) is 23.2 Å². The van der Waals surface area contributed by atoms with Crippen LogP contribution in [0, 0.1) is 20.8 Å². The minimum Gasteiger partial charge on any atom is -0.324 e. The maximum absolute atomic E-state index is 12.5. The van der Waals surface area contributed by atoms with E-state index in [9.17, 15) is 4.79 Å². The Hall–Kier alpha value is -2.17. The van der Waals surface area contributed by atoms with Gasteiger partial charge in [-0.3, -0.25) is 4.79 Å². The highest BCUT2D eigenvalue weighted by Crippen LogP contribution is 2.24. The number of anilines is 1. The van der Waals surface area contributed by atoms with Crippen LogP contribution in [-0.2, 0) is 4.79 Å². The van der Waals surface area contributed by atoms with Crippen molar-refractivity contribution in [2.24, 2.45) is 0 Å². The van der Waals surface area contributed by atoms with E-state index in [1.54, 1.807) is 0 Å². The van der Waals surface area contributed by atoms with Gasteiger partial charge in [-0.15, -0.1) is 0 Å². The van der Waals surface area contributed by atoms with Gasteiger partial charge in [0, 0.05) is 11.7 Å². The molecule has 2 aromatic carbocycles. The molecular weight excluding hydrogens is 286 g/mol. The van der Waals surface area contributed by atoms with Crippen molar-refractivity contribution in [2.45, 2.75) is 39.3 Å². The van der Waals surface area contributed by atoms with Gasteiger partial charge in [0.15, 0.2) is 0 Å². The molecule has 0 saturated carbocycles. The molecule has 0 aromatic heterocycles. The molecule has 23 heavy (non-hydrogen) atoms. The summed E-state index contributed by atoms with van der Waals surface area (Å²) in [5.41, 5.74) is 11.9. The van der Waals surface area contributed by atoms with Gasteiger partial charge in [-0.05, 0) is 43.9 Å². The SMILES string of the molecule is Cc1ccc(C2CC(C(=O)Nc3c(C)cccc3C)NN2)cc1. The van der Waals surface area contributed by atoms with Crippen molar-refractivity contribution in [3.63, 3.8) is 0 Å². The first kappa shape index (κ1) is 15.7. The van der Waals surface area contributed by atoms with Crippen molar-refractivity contribution in [2.75, 3.05) is 5.32 Å². The number of hydrazine groups is 1. The Morgan fingerprint density at radius 3 is 2.30 bits per heavy atom. The largest absolute Gasteiger partial charge is 0.324 e. The molecular formula is C19H23N3O. The first-order chi connectivity index (χ1) is 11.0. The maximum atomic E-state index is 12.5. The van der Waals surface area contributed by atoms with Gasteiger partial charge in [0.1, 0.15) is 6.04 Å². The normalized spacial score (nSPS) is 20.5. The Morgan fingerprint density at radius 1 is 1.00 bits per heavy atom. The average molecular weight is 309 g/mol. The van der Waals surface area contributed by atoms with Crippen LogP contribution in [0.5, 0.6) is 0 Å². The second-order valence-corrected chi connectivity index (χ2v) is 6.30. The summed E-state index contributed by atoms with van der Waals surface area (Å²) >= 11 is 0. The fourth-order valence-corrected chi connectivity index (χ4v) is 2.97. The standard InChI is InChI=1S/C19H23N3O/c1-12-7-9-15(10-8-12)16-11-17(22-21-16)19(23)20-18-13(2)5-4-6-14(18)3/h4-10,16-17,21-22H,11H2,1-3H3,(H,20,23). The molecule has 120 valence electrons. The molecule has 1 saturated heterocycles. The third kappa shape index (κ3) is 3.44. The number of carbonyl (C=O) groups is 1. The van der Waals surface area contributed by atoms with E-state index in [2.05, 4.69) is 47.4 Å². The maximum Gasteiger partial charge on any atom is 0.242 e. The van der Waals surface area contributed by atoms with E-state index in [0.29, 0.717) is 0 Å². The molecule has 0 aliphatic carbocycles. The van der Waals surface area contributed by atoms with Gasteiger partial charge in [0.2, 0.25) is 5.91 Å². The Labute approximate surface area is 137 Å². The summed E-state index contributed by atoms with van der Waals surface area (Å²) in [5, 5.41) is 3.06. The van der Waals surface area contributed by atoms with E-state index in [1.165, 1.54) is 11.1 Å². The second-order valence-electron chi connectivity index (χ2n) is 6.30. The molecule has 2 atom stereocenters. The highest BCUT2D eigenvalue weighted by molar-refractivity contribution is 5.96. The van der Waals surface area contributed by atoms with E-state index in [4.69, 9.17) is 0 Å². The third-order valence-corrected chi connectivity index (χ3v) is 4.43. The van der Waals surface area contributed by atoms with Crippen molar-refractivity contribution in [1.29, 1.82) is 0 Å². The summed E-state index contributed by atoms with van der Waals surface area (Å²) in [6, 6.07) is 14.4. The Balaban J connectivity index is 1.67. The number of nitrogens with one attached hydrogen (secondary N) is 3. The van der Waals surface area contributed by atoms with Crippen molar-refractivity contribution in [3.05, 3.63) is 64.7 Å². The molecule has 1 fully saturated rings. The molecule has 3 N–H and O–H groups in total. The molecule has 1 aliphatic rings. The molecule has 0 bridgehead atoms. The quantitative estimate of drug-likeness (QED) is 0.816. The first-order valence-electron chi connectivity index (χ1n) is 7.99. The van der Waals surface area contributed by atoms with Gasteiger partial charge < -0.3 is 5.32 Å². The number of carbonyl (C=O) groups excluding carboxylic acids is 1. The predicted molar refractivity (Wildman–Crippen MR) is 93.1 cm³/mol. The number of benzene rings is 2. The fraction of sp³-hybridized carbons (Fsp3) is 0.316. The van der Waals surface area contributed by atoms with Crippen molar-refractivity contribution >= 4 is 11.6 Å². The topological polar surface area (TPSA) is 53.2 Å². The van der Waals surface area contributed by atoms with Crippen LogP contribution in [0.2, 0.25) is 0 Å². The summed E-state index contributed by atoms with van der Waals surface area (Å²) in [7, 11) is 0. The number of rotatable bonds is 3. The molecule has 2 aromatic rings. The third-order valence-electron chi connectivity index (χ3n) is 4.43. The van der Waals surface area contributed by atoms with Crippen molar-refractivity contribution < 1.29 is 4.79 Å². The van der Waals surface area contributed by atoms with E-state index < -0.39 is 0 Å². The molecule has 2 unspecified atom stereocenters. The van der Waals surface area contributed by atoms with Gasteiger partial charge in [-0.1, -0.05) is 48.0 Å². The van der Waals surface area contributed by atoms with Gasteiger partial charge >= 0.3 is 0 Å². The van der Waals surface area contributed by atoms with Crippen LogP contribution >= 0.6 is 0 Å². The fourth-order valence-electron chi connectivity index (χ4n) is 2.97. The number of aryl methyl sites for hydroxylation is 3. The minimum atomic E-state index is -0.236. The molecule has 1 amide bonds. The molecule has 1 aliphatic heterocycles. The van der Waals surface area contributed by atoms with Crippen LogP contribution < -0.4 is 16.2 Å². The lowest BCUT2D eigenvalue weighted by atomic mass is 10.0. The number of hydrogen-bond acceptors (Lipinski definition) is 3. The van der Waals surface area contributed by atoms with E-state index >= 15 is 0 Å². The molecule has 4 nitrogen and oxygen atoms in total. The molecule has 0 spiro atoms. The highest BCUT2D eigenvalue weighted by Gasteiger charge is 2.30. The second kappa shape index (κ2) is 6.52. The minimum absolute atomic E-state index is 0.00418. The van der Waals surface area contributed by atoms with Crippen LogP contribution in [0.4, 0.5) is 5.69 Å². The van der Waals surface area contributed by atoms with Gasteiger partial charge in [-0.25, -0.2) is 10.9 Å². The lowest BCUT2D eigenvalue weighted by molar-refractivity contribution is -0.117. The lowest BCUT2D eigenvalue weighted by Gasteiger charge is -2.14. The smallest absolute Gasteiger partial charge is 0.242 e. The molecule has 1 heterocycles. The molecule has 3 rings (SSSR count). The van der Waals surface area contributed by atoms with Gasteiger partial charge in [0.05, 0.1) is 0 Å². The van der Waals surface area contributed by atoms with Crippen LogP contribution in [0.25, 0.3) is 0 Å². The van der Waals surface area contributed by atoms with E-state index in [1.807, 2.05) is 32.0 Å². The summed E-state index contributed by atoms with van der Waals surface area (Å²) in [6.07, 6.45) is 0.736. The summed E-state index contributed by atoms with van der Waals surface area (Å²) in [6.45, 7) is 6.10. The number of amides is 1. The van der Waals surface area contributed by atoms with Crippen LogP contribution in [0.1, 0.15) is 34.7 Å². The number of para-hydroxylation sites is 1. The zero-order valence-corrected chi connectivity index (χ0v) is 13.8. The summed E-state index contributed by atoms with van der Waals surface area (Å²) in [5.74, 6) is 0.00418. The first-order valence-corrected chi connectivity index (χ1v) is 7.99. The predicted octanol–water partition coefficient (Wildman–Crippen LogP) is 3.16. The average Bonchev–Trinajstić information content (AvgIpc) is 3.02. The number of hydrogen-bond donors (Lipinski definition) is 3. The lowest BCUT2D eigenvalue weighted by Crippen LogP contribution is -2.39. The van der Waals surface area contributed by atoms with Crippen molar-refractivity contribution in [3.8, 4) is 0 Å². The van der Waals surface area contributed by atoms with Gasteiger partial charge in [-0.2, -0.15) is 0 Å². The zero-order valence-electron chi connectivity index (χ0n) is 13.8. The van der Waals surface area contributed by atoms with E-state index in [-0.39, 0.29) is 18.0 Å². The Morgan fingerprint density at radius 2 is 1.65 bits per heavy atom. The van der Waals surface area contributed by atoms with Crippen LogP contribution in [0.3, 0.4) is 0 Å². The summed E-state index contributed by atoms with van der Waals surface area (Å²) < 4.78 is 0. The molecule has 4 heteroatoms. The summed E-state index contributed by atoms with van der Waals surface area (Å²) in [4.78, 5) is 12.5. The monoisotopic (exact) mass is 309 g/mol. The van der Waals surface area contributed by atoms with Crippen molar-refractivity contribution in [1.82, 2.24) is 10.9 Å².